The Kier molecular flexibility index (Phi) is 13.6. The first kappa shape index (κ1) is 29.6. The third-order valence-corrected chi connectivity index (χ3v) is 6.04. The SMILES string of the molecule is CC/C=C/C/C=C/C/C=C/C/C=C/C/C=C/CCCC(=O)n1c(C)c(CC(=O)O)c2cc(OC)ccc21. The summed E-state index contributed by atoms with van der Waals surface area (Å²) in [6.07, 6.45) is 28.4. The monoisotopic (exact) mass is 503 g/mol. The van der Waals surface area contributed by atoms with E-state index in [2.05, 4.69) is 67.7 Å². The molecule has 0 radical (unpaired) electrons. The minimum absolute atomic E-state index is 0.0170. The summed E-state index contributed by atoms with van der Waals surface area (Å²) in [7, 11) is 1.57. The van der Waals surface area contributed by atoms with E-state index in [9.17, 15) is 14.7 Å². The molecule has 2 rings (SSSR count). The van der Waals surface area contributed by atoms with Crippen molar-refractivity contribution in [2.75, 3.05) is 7.11 Å². The van der Waals surface area contributed by atoms with Gasteiger partial charge in [-0.1, -0.05) is 67.7 Å². The molecule has 0 aliphatic heterocycles. The first-order valence-corrected chi connectivity index (χ1v) is 13.2. The highest BCUT2D eigenvalue weighted by molar-refractivity contribution is 5.98. The topological polar surface area (TPSA) is 68.5 Å². The fourth-order valence-corrected chi connectivity index (χ4v) is 4.14. The van der Waals surface area contributed by atoms with Crippen LogP contribution in [0.3, 0.4) is 0 Å². The highest BCUT2D eigenvalue weighted by Gasteiger charge is 2.20. The fraction of sp³-hybridized carbons (Fsp3) is 0.375. The third kappa shape index (κ3) is 10.1. The summed E-state index contributed by atoms with van der Waals surface area (Å²) >= 11 is 0. The number of carboxylic acid groups (broad SMARTS) is 1. The van der Waals surface area contributed by atoms with Crippen molar-refractivity contribution < 1.29 is 19.4 Å². The number of aliphatic carboxylic acids is 1. The number of nitrogens with zero attached hydrogens (tertiary/aromatic N) is 1. The number of aromatic nitrogens is 1. The van der Waals surface area contributed by atoms with Gasteiger partial charge in [0, 0.05) is 17.5 Å². The molecule has 2 aromatic rings. The van der Waals surface area contributed by atoms with Crippen molar-refractivity contribution >= 4 is 22.8 Å². The number of hydrogen-bond acceptors (Lipinski definition) is 3. The van der Waals surface area contributed by atoms with Crippen molar-refractivity contribution in [3.63, 3.8) is 0 Å². The van der Waals surface area contributed by atoms with Crippen LogP contribution in [0.5, 0.6) is 5.75 Å². The zero-order valence-electron chi connectivity index (χ0n) is 22.5. The molecule has 1 aromatic carbocycles. The van der Waals surface area contributed by atoms with E-state index in [1.807, 2.05) is 13.0 Å². The number of rotatable bonds is 16. The van der Waals surface area contributed by atoms with Crippen LogP contribution in [0.15, 0.2) is 79.0 Å². The standard InChI is InChI=1S/C32H41NO4/c1-4-5-6-7-8-9-10-11-12-13-14-15-16-17-18-19-20-21-31(34)33-26(2)28(25-32(35)36)29-24-27(37-3)22-23-30(29)33/h5-6,8-9,11-12,14-15,17-18,22-24H,4,7,10,13,16,19-21,25H2,1-3H3,(H,35,36)/b6-5+,9-8+,12-11+,15-14+,18-17+. The lowest BCUT2D eigenvalue weighted by Crippen LogP contribution is -2.12. The van der Waals surface area contributed by atoms with Crippen LogP contribution in [0.25, 0.3) is 10.9 Å². The number of allylic oxidation sites excluding steroid dienone is 10. The number of ether oxygens (including phenoxy) is 1. The zero-order valence-corrected chi connectivity index (χ0v) is 22.5. The number of methoxy groups -OCH3 is 1. The minimum Gasteiger partial charge on any atom is -0.497 e. The van der Waals surface area contributed by atoms with Crippen molar-refractivity contribution in [2.24, 2.45) is 0 Å². The van der Waals surface area contributed by atoms with E-state index in [0.717, 1.165) is 55.8 Å². The molecule has 1 heterocycles. The smallest absolute Gasteiger partial charge is 0.307 e. The summed E-state index contributed by atoms with van der Waals surface area (Å²) in [5.74, 6) is -0.297. The molecule has 0 aliphatic carbocycles. The molecule has 0 atom stereocenters. The van der Waals surface area contributed by atoms with E-state index < -0.39 is 5.97 Å². The van der Waals surface area contributed by atoms with Gasteiger partial charge in [0.2, 0.25) is 5.91 Å². The molecule has 0 unspecified atom stereocenters. The molecule has 0 saturated heterocycles. The number of carboxylic acids is 1. The highest BCUT2D eigenvalue weighted by atomic mass is 16.5. The zero-order chi connectivity index (χ0) is 26.9. The predicted octanol–water partition coefficient (Wildman–Crippen LogP) is 8.15. The maximum Gasteiger partial charge on any atom is 0.307 e. The van der Waals surface area contributed by atoms with E-state index in [1.54, 1.807) is 23.8 Å². The maximum absolute atomic E-state index is 13.0. The Morgan fingerprint density at radius 3 is 2.00 bits per heavy atom. The molecule has 198 valence electrons. The normalized spacial score (nSPS) is 12.4. The molecule has 5 heteroatoms. The van der Waals surface area contributed by atoms with Crippen molar-refractivity contribution in [2.45, 2.75) is 71.6 Å². The van der Waals surface area contributed by atoms with E-state index >= 15 is 0 Å². The van der Waals surface area contributed by atoms with Crippen LogP contribution in [-0.4, -0.2) is 28.7 Å². The van der Waals surface area contributed by atoms with E-state index in [0.29, 0.717) is 23.4 Å². The second-order valence-corrected chi connectivity index (χ2v) is 8.85. The Morgan fingerprint density at radius 1 is 0.892 bits per heavy atom. The lowest BCUT2D eigenvalue weighted by Gasteiger charge is -2.07. The van der Waals surface area contributed by atoms with Crippen LogP contribution in [0.1, 0.15) is 74.3 Å². The molecule has 0 aliphatic rings. The Morgan fingerprint density at radius 2 is 1.46 bits per heavy atom. The third-order valence-electron chi connectivity index (χ3n) is 6.04. The Balaban J connectivity index is 1.77. The minimum atomic E-state index is -0.921. The Hall–Kier alpha value is -3.60. The van der Waals surface area contributed by atoms with Crippen molar-refractivity contribution in [3.05, 3.63) is 90.2 Å². The van der Waals surface area contributed by atoms with Crippen molar-refractivity contribution in [1.82, 2.24) is 4.57 Å². The van der Waals surface area contributed by atoms with Crippen LogP contribution in [-0.2, 0) is 11.2 Å². The van der Waals surface area contributed by atoms with Crippen LogP contribution in [0.2, 0.25) is 0 Å². The summed E-state index contributed by atoms with van der Waals surface area (Å²) in [5, 5.41) is 10.1. The molecular weight excluding hydrogens is 462 g/mol. The van der Waals surface area contributed by atoms with Gasteiger partial charge in [0.25, 0.3) is 0 Å². The van der Waals surface area contributed by atoms with Crippen LogP contribution < -0.4 is 4.74 Å². The largest absolute Gasteiger partial charge is 0.497 e. The molecular formula is C32H41NO4. The van der Waals surface area contributed by atoms with Crippen molar-refractivity contribution in [1.29, 1.82) is 0 Å². The van der Waals surface area contributed by atoms with Gasteiger partial charge in [-0.15, -0.1) is 0 Å². The number of hydrogen-bond donors (Lipinski definition) is 1. The van der Waals surface area contributed by atoms with Gasteiger partial charge in [-0.25, -0.2) is 0 Å². The van der Waals surface area contributed by atoms with Gasteiger partial charge in [0.05, 0.1) is 19.0 Å². The van der Waals surface area contributed by atoms with Gasteiger partial charge < -0.3 is 9.84 Å². The number of unbranched alkanes of at least 4 members (excludes halogenated alkanes) is 1. The second kappa shape index (κ2) is 17.0. The molecule has 0 amide bonds. The van der Waals surface area contributed by atoms with Gasteiger partial charge in [-0.2, -0.15) is 0 Å². The first-order valence-electron chi connectivity index (χ1n) is 13.2. The molecule has 37 heavy (non-hydrogen) atoms. The summed E-state index contributed by atoms with van der Waals surface area (Å²) in [5.41, 5.74) is 2.08. The molecule has 1 N–H and O–H groups in total. The molecule has 0 fully saturated rings. The second-order valence-electron chi connectivity index (χ2n) is 8.85. The predicted molar refractivity (Wildman–Crippen MR) is 154 cm³/mol. The summed E-state index contributed by atoms with van der Waals surface area (Å²) < 4.78 is 6.96. The lowest BCUT2D eigenvalue weighted by molar-refractivity contribution is -0.136. The number of carbonyl (C=O) groups excluding carboxylic acids is 1. The Labute approximate surface area is 221 Å². The van der Waals surface area contributed by atoms with Gasteiger partial charge in [0.1, 0.15) is 5.75 Å². The van der Waals surface area contributed by atoms with E-state index in [1.165, 1.54) is 0 Å². The molecule has 1 aromatic heterocycles. The van der Waals surface area contributed by atoms with Crippen molar-refractivity contribution in [3.8, 4) is 5.75 Å². The van der Waals surface area contributed by atoms with Gasteiger partial charge >= 0.3 is 5.97 Å². The van der Waals surface area contributed by atoms with Gasteiger partial charge in [-0.05, 0) is 75.6 Å². The van der Waals surface area contributed by atoms with Crippen LogP contribution in [0.4, 0.5) is 0 Å². The maximum atomic E-state index is 13.0. The Bertz CT molecular complexity index is 1160. The summed E-state index contributed by atoms with van der Waals surface area (Å²) in [4.78, 5) is 24.4. The summed E-state index contributed by atoms with van der Waals surface area (Å²) in [6, 6.07) is 5.43. The summed E-state index contributed by atoms with van der Waals surface area (Å²) in [6.45, 7) is 3.96. The number of carbonyl (C=O) groups is 2. The van der Waals surface area contributed by atoms with E-state index in [4.69, 9.17) is 4.74 Å². The van der Waals surface area contributed by atoms with Gasteiger partial charge in [0.15, 0.2) is 0 Å². The van der Waals surface area contributed by atoms with Gasteiger partial charge in [-0.3, -0.25) is 14.2 Å². The molecule has 5 nitrogen and oxygen atoms in total. The average molecular weight is 504 g/mol. The number of fused-ring (bicyclic) bond motifs is 1. The van der Waals surface area contributed by atoms with E-state index in [-0.39, 0.29) is 12.3 Å². The fourth-order valence-electron chi connectivity index (χ4n) is 4.14. The average Bonchev–Trinajstić information content (AvgIpc) is 3.15. The van der Waals surface area contributed by atoms with Crippen LogP contribution >= 0.6 is 0 Å². The first-order chi connectivity index (χ1) is 18.0. The lowest BCUT2D eigenvalue weighted by atomic mass is 10.1. The molecule has 0 bridgehead atoms. The van der Waals surface area contributed by atoms with Crippen LogP contribution in [0, 0.1) is 6.92 Å². The quantitative estimate of drug-likeness (QED) is 0.185. The number of benzene rings is 1. The molecule has 0 spiro atoms. The molecule has 0 saturated carbocycles. The highest BCUT2D eigenvalue weighted by Crippen LogP contribution is 2.30.